The normalized spacial score (nSPS) is 20.7. The van der Waals surface area contributed by atoms with E-state index < -0.39 is 5.60 Å². The van der Waals surface area contributed by atoms with E-state index in [4.69, 9.17) is 9.47 Å². The lowest BCUT2D eigenvalue weighted by molar-refractivity contribution is 0.00417. The van der Waals surface area contributed by atoms with Gasteiger partial charge in [0.05, 0.1) is 19.8 Å². The van der Waals surface area contributed by atoms with Gasteiger partial charge >= 0.3 is 0 Å². The fourth-order valence-electron chi connectivity index (χ4n) is 4.19. The molecule has 3 nitrogen and oxygen atoms in total. The molecule has 1 N–H and O–H groups in total. The Morgan fingerprint density at radius 2 is 1.73 bits per heavy atom. The average Bonchev–Trinajstić information content (AvgIpc) is 2.59. The number of ether oxygens (including phenoxy) is 2. The maximum atomic E-state index is 10.8. The fraction of sp³-hybridized carbons (Fsp3) is 0.652. The number of allylic oxidation sites excluding steroid dienone is 2. The minimum absolute atomic E-state index is 0.0957. The number of aryl methyl sites for hydroxylation is 1. The molecule has 1 aliphatic rings. The third-order valence-corrected chi connectivity index (χ3v) is 5.66. The van der Waals surface area contributed by atoms with Gasteiger partial charge in [0.1, 0.15) is 11.5 Å². The molecule has 26 heavy (non-hydrogen) atoms. The summed E-state index contributed by atoms with van der Waals surface area (Å²) in [7, 11) is 3.46. The Hall–Kier alpha value is -1.48. The Morgan fingerprint density at radius 1 is 1.12 bits per heavy atom. The van der Waals surface area contributed by atoms with Crippen molar-refractivity contribution in [2.75, 3.05) is 14.2 Å². The van der Waals surface area contributed by atoms with Crippen molar-refractivity contribution in [1.29, 1.82) is 0 Å². The van der Waals surface area contributed by atoms with E-state index in [0.717, 1.165) is 36.3 Å². The van der Waals surface area contributed by atoms with Crippen LogP contribution in [-0.4, -0.2) is 24.9 Å². The van der Waals surface area contributed by atoms with Crippen LogP contribution in [0.3, 0.4) is 0 Å². The van der Waals surface area contributed by atoms with Crippen molar-refractivity contribution in [2.24, 2.45) is 5.92 Å². The average molecular weight is 361 g/mol. The molecule has 1 aromatic rings. The van der Waals surface area contributed by atoms with E-state index in [2.05, 4.69) is 32.1 Å². The molecule has 0 unspecified atom stereocenters. The van der Waals surface area contributed by atoms with Crippen LogP contribution in [0, 0.1) is 5.92 Å². The summed E-state index contributed by atoms with van der Waals surface area (Å²) in [6.45, 7) is 8.22. The topological polar surface area (TPSA) is 38.7 Å². The monoisotopic (exact) mass is 360 g/mol. The molecule has 1 aliphatic carbocycles. The Bertz CT molecular complexity index is 600. The summed E-state index contributed by atoms with van der Waals surface area (Å²) in [6.07, 6.45) is 8.96. The number of aliphatic hydroxyl groups is 1. The first-order valence-corrected chi connectivity index (χ1v) is 9.96. The Labute approximate surface area is 159 Å². The zero-order valence-electron chi connectivity index (χ0n) is 17.4. The van der Waals surface area contributed by atoms with E-state index in [0.29, 0.717) is 0 Å². The van der Waals surface area contributed by atoms with Crippen molar-refractivity contribution < 1.29 is 14.6 Å². The molecule has 0 saturated heterocycles. The van der Waals surface area contributed by atoms with E-state index in [1.807, 2.05) is 13.8 Å². The second kappa shape index (κ2) is 8.94. The number of rotatable bonds is 8. The van der Waals surface area contributed by atoms with Gasteiger partial charge in [0.15, 0.2) is 0 Å². The Balaban J connectivity index is 2.49. The van der Waals surface area contributed by atoms with Gasteiger partial charge in [0.25, 0.3) is 0 Å². The zero-order valence-corrected chi connectivity index (χ0v) is 17.4. The third-order valence-electron chi connectivity index (χ3n) is 5.66. The second-order valence-electron chi connectivity index (χ2n) is 8.21. The summed E-state index contributed by atoms with van der Waals surface area (Å²) >= 11 is 0. The number of methoxy groups -OCH3 is 2. The lowest BCUT2D eigenvalue weighted by Gasteiger charge is -2.39. The molecule has 2 rings (SSSR count). The molecule has 0 radical (unpaired) electrons. The minimum Gasteiger partial charge on any atom is -0.496 e. The second-order valence-corrected chi connectivity index (χ2v) is 8.21. The van der Waals surface area contributed by atoms with Crippen molar-refractivity contribution in [3.63, 3.8) is 0 Å². The molecule has 0 amide bonds. The molecular weight excluding hydrogens is 324 g/mol. The molecule has 0 heterocycles. The first-order valence-electron chi connectivity index (χ1n) is 9.96. The predicted molar refractivity (Wildman–Crippen MR) is 108 cm³/mol. The molecular formula is C23H36O3. The van der Waals surface area contributed by atoms with Crippen molar-refractivity contribution in [3.05, 3.63) is 34.9 Å². The lowest BCUT2D eigenvalue weighted by Crippen LogP contribution is -2.36. The molecule has 0 spiro atoms. The molecule has 0 fully saturated rings. The molecule has 0 aliphatic heterocycles. The van der Waals surface area contributed by atoms with Crippen LogP contribution < -0.4 is 9.47 Å². The van der Waals surface area contributed by atoms with E-state index >= 15 is 0 Å². The summed E-state index contributed by atoms with van der Waals surface area (Å²) in [4.78, 5) is 0. The number of unbranched alkanes of at least 4 members (excludes halogenated alkanes) is 2. The molecule has 1 aromatic carbocycles. The van der Waals surface area contributed by atoms with Crippen molar-refractivity contribution in [2.45, 2.75) is 77.7 Å². The predicted octanol–water partition coefficient (Wildman–Crippen LogP) is 5.65. The van der Waals surface area contributed by atoms with Crippen LogP contribution in [0.4, 0.5) is 0 Å². The maximum absolute atomic E-state index is 10.8. The number of hydrogen-bond donors (Lipinski definition) is 1. The molecule has 0 bridgehead atoms. The SMILES string of the molecule is CCCCCc1cc(OC)c([C@@H]2C=C(C)CC[C@H]2C(C)(C)O)c(OC)c1. The van der Waals surface area contributed by atoms with Crippen LogP contribution >= 0.6 is 0 Å². The standard InChI is InChI=1S/C23H36O3/c1-7-8-9-10-17-14-20(25-5)22(21(15-17)26-6)18-13-16(2)11-12-19(18)23(3,4)24/h13-15,18-19,24H,7-12H2,1-6H3/t18-,19-/m1/s1. The van der Waals surface area contributed by atoms with Gasteiger partial charge < -0.3 is 14.6 Å². The van der Waals surface area contributed by atoms with Gasteiger partial charge in [-0.05, 0) is 70.1 Å². The summed E-state index contributed by atoms with van der Waals surface area (Å²) in [5, 5.41) is 10.8. The fourth-order valence-corrected chi connectivity index (χ4v) is 4.19. The first kappa shape index (κ1) is 20.8. The van der Waals surface area contributed by atoms with Gasteiger partial charge in [-0.3, -0.25) is 0 Å². The van der Waals surface area contributed by atoms with Gasteiger partial charge in [-0.15, -0.1) is 0 Å². The van der Waals surface area contributed by atoms with Crippen LogP contribution in [-0.2, 0) is 6.42 Å². The van der Waals surface area contributed by atoms with E-state index in [1.54, 1.807) is 14.2 Å². The summed E-state index contributed by atoms with van der Waals surface area (Å²) in [5.41, 5.74) is 2.94. The molecule has 0 aromatic heterocycles. The molecule has 2 atom stereocenters. The minimum atomic E-state index is -0.752. The van der Waals surface area contributed by atoms with Crippen LogP contribution in [0.5, 0.6) is 11.5 Å². The first-order chi connectivity index (χ1) is 12.3. The summed E-state index contributed by atoms with van der Waals surface area (Å²) < 4.78 is 11.6. The van der Waals surface area contributed by atoms with E-state index in [-0.39, 0.29) is 11.8 Å². The highest BCUT2D eigenvalue weighted by molar-refractivity contribution is 5.52. The van der Waals surface area contributed by atoms with E-state index in [1.165, 1.54) is 30.4 Å². The van der Waals surface area contributed by atoms with Gasteiger partial charge in [-0.1, -0.05) is 31.4 Å². The van der Waals surface area contributed by atoms with Crippen LogP contribution in [0.1, 0.15) is 76.8 Å². The van der Waals surface area contributed by atoms with Crippen LogP contribution in [0.25, 0.3) is 0 Å². The lowest BCUT2D eigenvalue weighted by atomic mass is 9.69. The van der Waals surface area contributed by atoms with Gasteiger partial charge in [0.2, 0.25) is 0 Å². The van der Waals surface area contributed by atoms with Crippen LogP contribution in [0.15, 0.2) is 23.8 Å². The number of hydrogen-bond acceptors (Lipinski definition) is 3. The van der Waals surface area contributed by atoms with Crippen molar-refractivity contribution >= 4 is 0 Å². The highest BCUT2D eigenvalue weighted by atomic mass is 16.5. The highest BCUT2D eigenvalue weighted by Crippen LogP contribution is 2.48. The van der Waals surface area contributed by atoms with Gasteiger partial charge in [-0.25, -0.2) is 0 Å². The Morgan fingerprint density at radius 3 is 2.23 bits per heavy atom. The van der Waals surface area contributed by atoms with Gasteiger partial charge in [0, 0.05) is 11.5 Å². The Kier molecular flexibility index (Phi) is 7.16. The molecule has 0 saturated carbocycles. The molecule has 146 valence electrons. The quantitative estimate of drug-likeness (QED) is 0.481. The molecule has 3 heteroatoms. The summed E-state index contributed by atoms with van der Waals surface area (Å²) in [5.74, 6) is 1.99. The van der Waals surface area contributed by atoms with Crippen LogP contribution in [0.2, 0.25) is 0 Å². The van der Waals surface area contributed by atoms with Crippen molar-refractivity contribution in [1.82, 2.24) is 0 Å². The van der Waals surface area contributed by atoms with Crippen molar-refractivity contribution in [3.8, 4) is 11.5 Å². The maximum Gasteiger partial charge on any atom is 0.126 e. The largest absolute Gasteiger partial charge is 0.496 e. The summed E-state index contributed by atoms with van der Waals surface area (Å²) in [6, 6.07) is 4.32. The highest BCUT2D eigenvalue weighted by Gasteiger charge is 2.38. The van der Waals surface area contributed by atoms with Gasteiger partial charge in [-0.2, -0.15) is 0 Å². The number of benzene rings is 1. The third kappa shape index (κ3) is 4.82. The smallest absolute Gasteiger partial charge is 0.126 e. The zero-order chi connectivity index (χ0) is 19.3. The van der Waals surface area contributed by atoms with E-state index in [9.17, 15) is 5.11 Å².